The van der Waals surface area contributed by atoms with E-state index in [0.29, 0.717) is 0 Å². The van der Waals surface area contributed by atoms with E-state index in [9.17, 15) is 0 Å². The highest BCUT2D eigenvalue weighted by atomic mass is 35.5. The van der Waals surface area contributed by atoms with Crippen LogP contribution in [0, 0.1) is 12.3 Å². The fourth-order valence-corrected chi connectivity index (χ4v) is 2.09. The first-order valence-corrected chi connectivity index (χ1v) is 6.42. The van der Waals surface area contributed by atoms with Crippen LogP contribution < -0.4 is 10.1 Å². The van der Waals surface area contributed by atoms with Gasteiger partial charge in [0, 0.05) is 22.7 Å². The van der Waals surface area contributed by atoms with E-state index in [4.69, 9.17) is 11.2 Å². The van der Waals surface area contributed by atoms with E-state index in [2.05, 4.69) is 21.2 Å². The number of nitrogens with one attached hydrogen (secondary N) is 1. The van der Waals surface area contributed by atoms with Crippen LogP contribution in [0.4, 0.5) is 11.5 Å². The second-order valence-corrected chi connectivity index (χ2v) is 4.46. The molecule has 0 aliphatic carbocycles. The Balaban J connectivity index is 0.00000176. The highest BCUT2D eigenvalue weighted by Gasteiger charge is 2.05. The highest BCUT2D eigenvalue weighted by Crippen LogP contribution is 2.26. The second-order valence-electron chi connectivity index (χ2n) is 4.46. The number of hydrogen-bond acceptors (Lipinski definition) is 4. The molecule has 4 nitrogen and oxygen atoms in total. The first-order chi connectivity index (χ1) is 10.3. The van der Waals surface area contributed by atoms with Gasteiger partial charge in [0.25, 0.3) is 0 Å². The number of ether oxygens (including phenoxy) is 1. The van der Waals surface area contributed by atoms with Crippen molar-refractivity contribution < 1.29 is 4.74 Å². The molecular weight excluding hydrogens is 298 g/mol. The van der Waals surface area contributed by atoms with Crippen molar-refractivity contribution in [3.8, 4) is 18.1 Å². The number of nitrogens with zero attached hydrogens (tertiary/aromatic N) is 2. The van der Waals surface area contributed by atoms with Crippen molar-refractivity contribution >= 4 is 34.8 Å². The van der Waals surface area contributed by atoms with Gasteiger partial charge in [-0.2, -0.15) is 0 Å². The number of fused-ring (bicyclic) bond motifs is 1. The second kappa shape index (κ2) is 6.79. The monoisotopic (exact) mass is 311 g/mol. The van der Waals surface area contributed by atoms with Gasteiger partial charge in [0.15, 0.2) is 0 Å². The number of aromatic nitrogens is 2. The number of anilines is 2. The smallest absolute Gasteiger partial charge is 0.141 e. The van der Waals surface area contributed by atoms with Gasteiger partial charge in [-0.05, 0) is 30.3 Å². The number of methoxy groups -OCH3 is 1. The molecule has 3 rings (SSSR count). The standard InChI is InChI=1S/C17H13N3O.ClH/c1-3-12-5-4-6-13(9-12)20-17-15-8-7-14(21-2)10-16(15)18-11-19-17;/h1,4-11H,2H3,(H,18,19,20);1H. The summed E-state index contributed by atoms with van der Waals surface area (Å²) in [5.74, 6) is 4.11. The van der Waals surface area contributed by atoms with E-state index in [0.717, 1.165) is 33.7 Å². The van der Waals surface area contributed by atoms with E-state index in [-0.39, 0.29) is 12.4 Å². The molecule has 110 valence electrons. The van der Waals surface area contributed by atoms with Crippen LogP contribution in [0.1, 0.15) is 5.56 Å². The summed E-state index contributed by atoms with van der Waals surface area (Å²) in [7, 11) is 1.63. The van der Waals surface area contributed by atoms with E-state index < -0.39 is 0 Å². The third-order valence-corrected chi connectivity index (χ3v) is 3.14. The van der Waals surface area contributed by atoms with E-state index in [1.54, 1.807) is 7.11 Å². The lowest BCUT2D eigenvalue weighted by Gasteiger charge is -2.09. The molecule has 0 atom stereocenters. The predicted molar refractivity (Wildman–Crippen MR) is 91.0 cm³/mol. The zero-order chi connectivity index (χ0) is 14.7. The summed E-state index contributed by atoms with van der Waals surface area (Å²) >= 11 is 0. The van der Waals surface area contributed by atoms with Crippen molar-refractivity contribution in [3.05, 3.63) is 54.4 Å². The van der Waals surface area contributed by atoms with E-state index in [1.807, 2.05) is 42.5 Å². The molecule has 0 saturated heterocycles. The third-order valence-electron chi connectivity index (χ3n) is 3.14. The third kappa shape index (κ3) is 3.11. The summed E-state index contributed by atoms with van der Waals surface area (Å²) in [5.41, 5.74) is 2.53. The molecule has 0 radical (unpaired) electrons. The van der Waals surface area contributed by atoms with Gasteiger partial charge in [0.05, 0.1) is 12.6 Å². The van der Waals surface area contributed by atoms with Gasteiger partial charge in [0.1, 0.15) is 17.9 Å². The molecule has 3 aromatic rings. The van der Waals surface area contributed by atoms with Crippen LogP contribution in [0.15, 0.2) is 48.8 Å². The summed E-state index contributed by atoms with van der Waals surface area (Å²) in [5, 5.41) is 4.19. The molecule has 0 bridgehead atoms. The minimum atomic E-state index is 0. The Morgan fingerprint density at radius 1 is 1.14 bits per heavy atom. The van der Waals surface area contributed by atoms with Crippen molar-refractivity contribution in [2.24, 2.45) is 0 Å². The lowest BCUT2D eigenvalue weighted by molar-refractivity contribution is 0.415. The van der Waals surface area contributed by atoms with Crippen LogP contribution in [0.2, 0.25) is 0 Å². The molecule has 0 unspecified atom stereocenters. The fourth-order valence-electron chi connectivity index (χ4n) is 2.09. The zero-order valence-electron chi connectivity index (χ0n) is 11.9. The Kier molecular flexibility index (Phi) is 4.82. The number of benzene rings is 2. The number of rotatable bonds is 3. The molecule has 1 aromatic heterocycles. The van der Waals surface area contributed by atoms with Crippen LogP contribution >= 0.6 is 12.4 Å². The molecule has 0 saturated carbocycles. The predicted octanol–water partition coefficient (Wildman–Crippen LogP) is 3.79. The number of halogens is 1. The van der Waals surface area contributed by atoms with Crippen molar-refractivity contribution in [2.75, 3.05) is 12.4 Å². The first-order valence-electron chi connectivity index (χ1n) is 6.42. The maximum Gasteiger partial charge on any atom is 0.141 e. The number of hydrogen-bond donors (Lipinski definition) is 1. The molecule has 0 amide bonds. The Morgan fingerprint density at radius 3 is 2.77 bits per heavy atom. The van der Waals surface area contributed by atoms with Crippen LogP contribution in [-0.2, 0) is 0 Å². The molecule has 2 aromatic carbocycles. The van der Waals surface area contributed by atoms with Crippen LogP contribution in [-0.4, -0.2) is 17.1 Å². The van der Waals surface area contributed by atoms with Crippen LogP contribution in [0.25, 0.3) is 10.9 Å². The molecular formula is C17H14ClN3O. The average Bonchev–Trinajstić information content (AvgIpc) is 2.55. The van der Waals surface area contributed by atoms with E-state index in [1.165, 1.54) is 6.33 Å². The zero-order valence-corrected chi connectivity index (χ0v) is 12.7. The fraction of sp³-hybridized carbons (Fsp3) is 0.0588. The van der Waals surface area contributed by atoms with Crippen LogP contribution in [0.3, 0.4) is 0 Å². The maximum absolute atomic E-state index is 5.42. The van der Waals surface area contributed by atoms with Crippen molar-refractivity contribution in [2.45, 2.75) is 0 Å². The largest absolute Gasteiger partial charge is 0.497 e. The normalized spacial score (nSPS) is 9.64. The summed E-state index contributed by atoms with van der Waals surface area (Å²) < 4.78 is 5.21. The molecule has 0 fully saturated rings. The van der Waals surface area contributed by atoms with Crippen molar-refractivity contribution in [1.82, 2.24) is 9.97 Å². The van der Waals surface area contributed by atoms with Gasteiger partial charge >= 0.3 is 0 Å². The Bertz CT molecular complexity index is 843. The molecule has 1 N–H and O–H groups in total. The topological polar surface area (TPSA) is 47.0 Å². The number of terminal acetylenes is 1. The highest BCUT2D eigenvalue weighted by molar-refractivity contribution is 5.91. The minimum absolute atomic E-state index is 0. The molecule has 0 aliphatic rings. The van der Waals surface area contributed by atoms with Gasteiger partial charge in [-0.1, -0.05) is 12.0 Å². The van der Waals surface area contributed by atoms with Gasteiger partial charge in [-0.25, -0.2) is 9.97 Å². The van der Waals surface area contributed by atoms with Crippen molar-refractivity contribution in [3.63, 3.8) is 0 Å². The quantitative estimate of drug-likeness (QED) is 0.748. The molecule has 0 spiro atoms. The first kappa shape index (κ1) is 15.6. The van der Waals surface area contributed by atoms with Crippen LogP contribution in [0.5, 0.6) is 5.75 Å². The minimum Gasteiger partial charge on any atom is -0.497 e. The molecule has 22 heavy (non-hydrogen) atoms. The summed E-state index contributed by atoms with van der Waals surface area (Å²) in [6.07, 6.45) is 6.94. The maximum atomic E-state index is 5.42. The molecule has 5 heteroatoms. The van der Waals surface area contributed by atoms with Gasteiger partial charge in [-0.3, -0.25) is 0 Å². The lowest BCUT2D eigenvalue weighted by atomic mass is 10.2. The van der Waals surface area contributed by atoms with Gasteiger partial charge in [-0.15, -0.1) is 18.8 Å². The van der Waals surface area contributed by atoms with Gasteiger partial charge in [0.2, 0.25) is 0 Å². The Labute approximate surface area is 135 Å². The molecule has 0 aliphatic heterocycles. The van der Waals surface area contributed by atoms with Crippen molar-refractivity contribution in [1.29, 1.82) is 0 Å². The Hall–Kier alpha value is -2.77. The summed E-state index contributed by atoms with van der Waals surface area (Å²) in [6.45, 7) is 0. The molecule has 1 heterocycles. The lowest BCUT2D eigenvalue weighted by Crippen LogP contribution is -1.96. The summed E-state index contributed by atoms with van der Waals surface area (Å²) in [4.78, 5) is 8.56. The Morgan fingerprint density at radius 2 is 2.00 bits per heavy atom. The van der Waals surface area contributed by atoms with E-state index >= 15 is 0 Å². The van der Waals surface area contributed by atoms with Gasteiger partial charge < -0.3 is 10.1 Å². The SMILES string of the molecule is C#Cc1cccc(Nc2ncnc3cc(OC)ccc23)c1.Cl. The summed E-state index contributed by atoms with van der Waals surface area (Å²) in [6, 6.07) is 13.3. The average molecular weight is 312 g/mol.